The maximum absolute atomic E-state index is 10.5. The minimum Gasteiger partial charge on any atom is -0.480 e. The normalized spacial score (nSPS) is 12.3. The summed E-state index contributed by atoms with van der Waals surface area (Å²) in [5, 5.41) is 12.5. The van der Waals surface area contributed by atoms with Gasteiger partial charge in [-0.15, -0.1) is 11.8 Å². The van der Waals surface area contributed by atoms with Crippen LogP contribution in [-0.4, -0.2) is 33.0 Å². The fraction of sp³-hybridized carbons (Fsp3) is 0.250. The molecular weight excluding hydrogens is 266 g/mol. The summed E-state index contributed by atoms with van der Waals surface area (Å²) in [6.07, 6.45) is 0. The van der Waals surface area contributed by atoms with E-state index in [1.54, 1.807) is 0 Å². The summed E-state index contributed by atoms with van der Waals surface area (Å²) in [5.74, 6) is 0.724. The van der Waals surface area contributed by atoms with Crippen molar-refractivity contribution >= 4 is 17.7 Å². The number of aliphatic carboxylic acids is 1. The van der Waals surface area contributed by atoms with Gasteiger partial charge in [0, 0.05) is 11.3 Å². The Labute approximate surface area is 114 Å². The number of carbonyl (C=O) groups is 1. The minimum absolute atomic E-state index is 0.304. The molecule has 0 fully saturated rings. The van der Waals surface area contributed by atoms with Crippen LogP contribution in [0.5, 0.6) is 0 Å². The van der Waals surface area contributed by atoms with Gasteiger partial charge in [-0.05, 0) is 0 Å². The molecule has 0 bridgehead atoms. The third kappa shape index (κ3) is 3.80. The van der Waals surface area contributed by atoms with Crippen LogP contribution in [0.1, 0.15) is 5.89 Å². The number of benzene rings is 1. The molecule has 0 unspecified atom stereocenters. The van der Waals surface area contributed by atoms with Gasteiger partial charge in [0.05, 0.1) is 5.75 Å². The third-order valence-electron chi connectivity index (χ3n) is 2.34. The molecule has 7 heteroatoms. The lowest BCUT2D eigenvalue weighted by Crippen LogP contribution is -2.32. The first-order chi connectivity index (χ1) is 9.16. The Morgan fingerprint density at radius 2 is 2.16 bits per heavy atom. The van der Waals surface area contributed by atoms with E-state index >= 15 is 0 Å². The second-order valence-electron chi connectivity index (χ2n) is 3.84. The molecule has 1 aromatic carbocycles. The predicted octanol–water partition coefficient (Wildman–Crippen LogP) is 1.38. The van der Waals surface area contributed by atoms with E-state index in [1.807, 2.05) is 30.3 Å². The molecule has 0 aliphatic carbocycles. The molecule has 3 N–H and O–H groups in total. The zero-order chi connectivity index (χ0) is 13.7. The van der Waals surface area contributed by atoms with Gasteiger partial charge in [-0.1, -0.05) is 35.5 Å². The zero-order valence-electron chi connectivity index (χ0n) is 10.0. The van der Waals surface area contributed by atoms with Crippen LogP contribution in [0.25, 0.3) is 11.4 Å². The molecule has 0 spiro atoms. The first kappa shape index (κ1) is 13.6. The number of aromatic nitrogens is 2. The predicted molar refractivity (Wildman–Crippen MR) is 71.5 cm³/mol. The quantitative estimate of drug-likeness (QED) is 0.823. The first-order valence-corrected chi connectivity index (χ1v) is 6.76. The number of carboxylic acids is 1. The summed E-state index contributed by atoms with van der Waals surface area (Å²) in [6.45, 7) is 0. The van der Waals surface area contributed by atoms with Crippen LogP contribution in [-0.2, 0) is 10.5 Å². The van der Waals surface area contributed by atoms with E-state index in [2.05, 4.69) is 10.1 Å². The number of nitrogens with zero attached hydrogens (tertiary/aromatic N) is 2. The molecule has 0 radical (unpaired) electrons. The van der Waals surface area contributed by atoms with Crippen molar-refractivity contribution < 1.29 is 14.4 Å². The molecule has 6 nitrogen and oxygen atoms in total. The number of hydrogen-bond acceptors (Lipinski definition) is 6. The van der Waals surface area contributed by atoms with Gasteiger partial charge in [0.2, 0.25) is 11.7 Å². The van der Waals surface area contributed by atoms with Crippen molar-refractivity contribution in [3.05, 3.63) is 36.2 Å². The molecule has 0 amide bonds. The lowest BCUT2D eigenvalue weighted by atomic mass is 10.2. The summed E-state index contributed by atoms with van der Waals surface area (Å²) < 4.78 is 5.09. The van der Waals surface area contributed by atoms with Crippen LogP contribution >= 0.6 is 11.8 Å². The molecule has 1 heterocycles. The van der Waals surface area contributed by atoms with E-state index in [4.69, 9.17) is 15.4 Å². The fourth-order valence-corrected chi connectivity index (χ4v) is 2.17. The highest BCUT2D eigenvalue weighted by molar-refractivity contribution is 7.98. The Bertz CT molecular complexity index is 544. The Hall–Kier alpha value is -1.86. The molecule has 0 aliphatic rings. The summed E-state index contributed by atoms with van der Waals surface area (Å²) in [5.41, 5.74) is 6.27. The molecule has 2 rings (SSSR count). The smallest absolute Gasteiger partial charge is 0.321 e. The SMILES string of the molecule is N[C@H](CSCc1nc(-c2ccccc2)no1)C(=O)O. The van der Waals surface area contributed by atoms with Gasteiger partial charge in [-0.2, -0.15) is 4.98 Å². The first-order valence-electron chi connectivity index (χ1n) is 5.61. The van der Waals surface area contributed by atoms with E-state index in [9.17, 15) is 4.79 Å². The van der Waals surface area contributed by atoms with Gasteiger partial charge in [0.1, 0.15) is 6.04 Å². The summed E-state index contributed by atoms with van der Waals surface area (Å²) in [6, 6.07) is 8.61. The van der Waals surface area contributed by atoms with Crippen LogP contribution < -0.4 is 5.73 Å². The molecular formula is C12H13N3O3S. The Balaban J connectivity index is 1.90. The van der Waals surface area contributed by atoms with Gasteiger partial charge in [-0.3, -0.25) is 4.79 Å². The van der Waals surface area contributed by atoms with E-state index in [1.165, 1.54) is 11.8 Å². The van der Waals surface area contributed by atoms with Crippen LogP contribution in [0.15, 0.2) is 34.9 Å². The highest BCUT2D eigenvalue weighted by Gasteiger charge is 2.13. The number of thioether (sulfide) groups is 1. The van der Waals surface area contributed by atoms with Crippen molar-refractivity contribution in [2.24, 2.45) is 5.73 Å². The average molecular weight is 279 g/mol. The van der Waals surface area contributed by atoms with Gasteiger partial charge in [0.15, 0.2) is 0 Å². The van der Waals surface area contributed by atoms with Crippen molar-refractivity contribution in [1.82, 2.24) is 10.1 Å². The van der Waals surface area contributed by atoms with Crippen LogP contribution in [0.3, 0.4) is 0 Å². The monoisotopic (exact) mass is 279 g/mol. The standard InChI is InChI=1S/C12H13N3O3S/c13-9(12(16)17)6-19-7-10-14-11(15-18-10)8-4-2-1-3-5-8/h1-5,9H,6-7,13H2,(H,16,17)/t9-/m1/s1. The van der Waals surface area contributed by atoms with Crippen molar-refractivity contribution in [3.63, 3.8) is 0 Å². The molecule has 0 aliphatic heterocycles. The van der Waals surface area contributed by atoms with Crippen LogP contribution in [0, 0.1) is 0 Å². The van der Waals surface area contributed by atoms with Gasteiger partial charge >= 0.3 is 5.97 Å². The molecule has 0 saturated heterocycles. The van der Waals surface area contributed by atoms with Gasteiger partial charge in [-0.25, -0.2) is 0 Å². The molecule has 0 saturated carbocycles. The van der Waals surface area contributed by atoms with Crippen molar-refractivity contribution in [2.75, 3.05) is 5.75 Å². The molecule has 1 aromatic heterocycles. The summed E-state index contributed by atoms with van der Waals surface area (Å²) in [4.78, 5) is 14.8. The lowest BCUT2D eigenvalue weighted by molar-refractivity contribution is -0.137. The van der Waals surface area contributed by atoms with Crippen LogP contribution in [0.2, 0.25) is 0 Å². The lowest BCUT2D eigenvalue weighted by Gasteiger charge is -2.03. The Morgan fingerprint density at radius 3 is 2.84 bits per heavy atom. The summed E-state index contributed by atoms with van der Waals surface area (Å²) in [7, 11) is 0. The second kappa shape index (κ2) is 6.35. The maximum atomic E-state index is 10.5. The second-order valence-corrected chi connectivity index (χ2v) is 4.87. The molecule has 1 atom stereocenters. The highest BCUT2D eigenvalue weighted by atomic mass is 32.2. The highest BCUT2D eigenvalue weighted by Crippen LogP contribution is 2.17. The third-order valence-corrected chi connectivity index (χ3v) is 3.39. The van der Waals surface area contributed by atoms with E-state index < -0.39 is 12.0 Å². The van der Waals surface area contributed by atoms with Crippen molar-refractivity contribution in [2.45, 2.75) is 11.8 Å². The van der Waals surface area contributed by atoms with E-state index in [0.717, 1.165) is 5.56 Å². The maximum Gasteiger partial charge on any atom is 0.321 e. The number of nitrogens with two attached hydrogens (primary N) is 1. The molecule has 19 heavy (non-hydrogen) atoms. The summed E-state index contributed by atoms with van der Waals surface area (Å²) >= 11 is 1.35. The Kier molecular flexibility index (Phi) is 4.53. The van der Waals surface area contributed by atoms with Gasteiger partial charge < -0.3 is 15.4 Å². The van der Waals surface area contributed by atoms with Crippen molar-refractivity contribution in [3.8, 4) is 11.4 Å². The van der Waals surface area contributed by atoms with E-state index in [0.29, 0.717) is 23.2 Å². The number of carboxylic acid groups (broad SMARTS) is 1. The molecule has 2 aromatic rings. The minimum atomic E-state index is -1.01. The van der Waals surface area contributed by atoms with Crippen molar-refractivity contribution in [1.29, 1.82) is 0 Å². The zero-order valence-corrected chi connectivity index (χ0v) is 10.8. The largest absolute Gasteiger partial charge is 0.480 e. The number of hydrogen-bond donors (Lipinski definition) is 2. The van der Waals surface area contributed by atoms with Crippen LogP contribution in [0.4, 0.5) is 0 Å². The topological polar surface area (TPSA) is 102 Å². The van der Waals surface area contributed by atoms with E-state index in [-0.39, 0.29) is 0 Å². The van der Waals surface area contributed by atoms with Gasteiger partial charge in [0.25, 0.3) is 0 Å². The molecule has 100 valence electrons. The fourth-order valence-electron chi connectivity index (χ4n) is 1.36. The Morgan fingerprint density at radius 1 is 1.42 bits per heavy atom. The average Bonchev–Trinajstić information content (AvgIpc) is 2.88. The number of rotatable bonds is 6.